The van der Waals surface area contributed by atoms with Crippen molar-refractivity contribution < 1.29 is 13.6 Å². The van der Waals surface area contributed by atoms with Crippen molar-refractivity contribution in [2.24, 2.45) is 0 Å². The van der Waals surface area contributed by atoms with E-state index in [0.717, 1.165) is 23.3 Å². The Kier molecular flexibility index (Phi) is 3.98. The van der Waals surface area contributed by atoms with Crippen LogP contribution in [-0.2, 0) is 6.54 Å². The summed E-state index contributed by atoms with van der Waals surface area (Å²) < 4.78 is 27.2. The number of anilines is 1. The Hall–Kier alpha value is -2.43. The summed E-state index contributed by atoms with van der Waals surface area (Å²) in [6, 6.07) is 9.49. The SMILES string of the molecule is Cc1ccccc1CNC(=O)c1c(F)ccc(N)c1F. The van der Waals surface area contributed by atoms with Crippen LogP contribution < -0.4 is 11.1 Å². The van der Waals surface area contributed by atoms with E-state index in [9.17, 15) is 13.6 Å². The summed E-state index contributed by atoms with van der Waals surface area (Å²) in [5.41, 5.74) is 6.29. The normalized spacial score (nSPS) is 10.3. The molecule has 3 N–H and O–H groups in total. The Balaban J connectivity index is 2.18. The molecule has 0 aliphatic rings. The van der Waals surface area contributed by atoms with E-state index in [1.165, 1.54) is 0 Å². The molecule has 104 valence electrons. The van der Waals surface area contributed by atoms with Crippen LogP contribution in [0.4, 0.5) is 14.5 Å². The highest BCUT2D eigenvalue weighted by Gasteiger charge is 2.19. The molecule has 0 atom stereocenters. The van der Waals surface area contributed by atoms with Crippen molar-refractivity contribution in [2.45, 2.75) is 13.5 Å². The first kappa shape index (κ1) is 14.0. The van der Waals surface area contributed by atoms with Crippen LogP contribution in [0, 0.1) is 18.6 Å². The predicted octanol–water partition coefficient (Wildman–Crippen LogP) is 2.79. The van der Waals surface area contributed by atoms with Gasteiger partial charge in [-0.25, -0.2) is 8.78 Å². The van der Waals surface area contributed by atoms with E-state index in [4.69, 9.17) is 5.73 Å². The lowest BCUT2D eigenvalue weighted by atomic mass is 10.1. The second-order valence-corrected chi connectivity index (χ2v) is 4.43. The van der Waals surface area contributed by atoms with Gasteiger partial charge in [0.2, 0.25) is 0 Å². The van der Waals surface area contributed by atoms with Gasteiger partial charge in [0.1, 0.15) is 11.4 Å². The molecule has 3 nitrogen and oxygen atoms in total. The number of carbonyl (C=O) groups excluding carboxylic acids is 1. The van der Waals surface area contributed by atoms with Gasteiger partial charge in [0.05, 0.1) is 5.69 Å². The zero-order valence-corrected chi connectivity index (χ0v) is 10.9. The molecule has 2 aromatic carbocycles. The molecule has 5 heteroatoms. The highest BCUT2D eigenvalue weighted by Crippen LogP contribution is 2.18. The molecule has 0 aliphatic heterocycles. The van der Waals surface area contributed by atoms with Crippen LogP contribution in [0.25, 0.3) is 0 Å². The van der Waals surface area contributed by atoms with Crippen LogP contribution in [0.15, 0.2) is 36.4 Å². The lowest BCUT2D eigenvalue weighted by Crippen LogP contribution is -2.25. The quantitative estimate of drug-likeness (QED) is 0.847. The van der Waals surface area contributed by atoms with Crippen LogP contribution in [0.2, 0.25) is 0 Å². The van der Waals surface area contributed by atoms with Gasteiger partial charge in [0.15, 0.2) is 5.82 Å². The number of nitrogen functional groups attached to an aromatic ring is 1. The third-order valence-corrected chi connectivity index (χ3v) is 3.05. The number of rotatable bonds is 3. The van der Waals surface area contributed by atoms with Crippen LogP contribution in [0.3, 0.4) is 0 Å². The number of benzene rings is 2. The fraction of sp³-hybridized carbons (Fsp3) is 0.133. The maximum Gasteiger partial charge on any atom is 0.257 e. The highest BCUT2D eigenvalue weighted by molar-refractivity contribution is 5.95. The number of carbonyl (C=O) groups is 1. The number of hydrogen-bond acceptors (Lipinski definition) is 2. The van der Waals surface area contributed by atoms with E-state index in [2.05, 4.69) is 5.32 Å². The highest BCUT2D eigenvalue weighted by atomic mass is 19.1. The summed E-state index contributed by atoms with van der Waals surface area (Å²) >= 11 is 0. The van der Waals surface area contributed by atoms with Crippen LogP contribution >= 0.6 is 0 Å². The molecule has 2 rings (SSSR count). The Labute approximate surface area is 115 Å². The summed E-state index contributed by atoms with van der Waals surface area (Å²) in [4.78, 5) is 11.9. The third-order valence-electron chi connectivity index (χ3n) is 3.05. The third kappa shape index (κ3) is 2.77. The summed E-state index contributed by atoms with van der Waals surface area (Å²) in [6.45, 7) is 2.09. The molecule has 20 heavy (non-hydrogen) atoms. The first-order valence-corrected chi connectivity index (χ1v) is 6.07. The average Bonchev–Trinajstić information content (AvgIpc) is 2.42. The van der Waals surface area contributed by atoms with E-state index in [1.54, 1.807) is 0 Å². The van der Waals surface area contributed by atoms with Gasteiger partial charge < -0.3 is 11.1 Å². The van der Waals surface area contributed by atoms with Gasteiger partial charge in [-0.2, -0.15) is 0 Å². The van der Waals surface area contributed by atoms with E-state index >= 15 is 0 Å². The summed E-state index contributed by atoms with van der Waals surface area (Å²) in [6.07, 6.45) is 0. The second kappa shape index (κ2) is 5.69. The van der Waals surface area contributed by atoms with Crippen LogP contribution in [-0.4, -0.2) is 5.91 Å². The largest absolute Gasteiger partial charge is 0.396 e. The Morgan fingerprint density at radius 2 is 1.90 bits per heavy atom. The topological polar surface area (TPSA) is 55.1 Å². The van der Waals surface area contributed by atoms with Crippen molar-refractivity contribution in [3.05, 3.63) is 64.7 Å². The molecule has 0 aliphatic carbocycles. The van der Waals surface area contributed by atoms with Gasteiger partial charge in [-0.15, -0.1) is 0 Å². The van der Waals surface area contributed by atoms with Crippen molar-refractivity contribution >= 4 is 11.6 Å². The van der Waals surface area contributed by atoms with E-state index in [0.29, 0.717) is 0 Å². The zero-order chi connectivity index (χ0) is 14.7. The maximum absolute atomic E-state index is 13.7. The molecule has 0 bridgehead atoms. The predicted molar refractivity (Wildman–Crippen MR) is 73.1 cm³/mol. The minimum absolute atomic E-state index is 0.194. The maximum atomic E-state index is 13.7. The minimum Gasteiger partial charge on any atom is -0.396 e. The molecular formula is C15H14F2N2O. The second-order valence-electron chi connectivity index (χ2n) is 4.43. The molecule has 0 saturated carbocycles. The van der Waals surface area contributed by atoms with E-state index in [1.807, 2.05) is 31.2 Å². The number of nitrogens with two attached hydrogens (primary N) is 1. The zero-order valence-electron chi connectivity index (χ0n) is 10.9. The Bertz CT molecular complexity index is 656. The van der Waals surface area contributed by atoms with Crippen molar-refractivity contribution in [3.8, 4) is 0 Å². The fourth-order valence-corrected chi connectivity index (χ4v) is 1.85. The van der Waals surface area contributed by atoms with Gasteiger partial charge in [-0.3, -0.25) is 4.79 Å². The van der Waals surface area contributed by atoms with Crippen molar-refractivity contribution in [1.82, 2.24) is 5.32 Å². The van der Waals surface area contributed by atoms with Gasteiger partial charge in [-0.05, 0) is 30.2 Å². The first-order valence-electron chi connectivity index (χ1n) is 6.07. The fourth-order valence-electron chi connectivity index (χ4n) is 1.85. The monoisotopic (exact) mass is 276 g/mol. The Morgan fingerprint density at radius 1 is 1.20 bits per heavy atom. The molecule has 1 amide bonds. The number of amides is 1. The summed E-state index contributed by atoms with van der Waals surface area (Å²) in [7, 11) is 0. The molecule has 0 aromatic heterocycles. The smallest absolute Gasteiger partial charge is 0.257 e. The van der Waals surface area contributed by atoms with Crippen molar-refractivity contribution in [2.75, 3.05) is 5.73 Å². The molecule has 0 heterocycles. The van der Waals surface area contributed by atoms with Crippen molar-refractivity contribution in [3.63, 3.8) is 0 Å². The molecule has 2 aromatic rings. The standard InChI is InChI=1S/C15H14F2N2O/c1-9-4-2-3-5-10(9)8-19-15(20)13-11(16)6-7-12(18)14(13)17/h2-7H,8,18H2,1H3,(H,19,20). The van der Waals surface area contributed by atoms with E-state index < -0.39 is 23.1 Å². The average molecular weight is 276 g/mol. The lowest BCUT2D eigenvalue weighted by Gasteiger charge is -2.10. The number of aryl methyl sites for hydroxylation is 1. The molecule has 0 fully saturated rings. The molecule has 0 saturated heterocycles. The van der Waals surface area contributed by atoms with Crippen LogP contribution in [0.1, 0.15) is 21.5 Å². The molecule has 0 unspecified atom stereocenters. The molecular weight excluding hydrogens is 262 g/mol. The summed E-state index contributed by atoms with van der Waals surface area (Å²) in [5.74, 6) is -2.79. The summed E-state index contributed by atoms with van der Waals surface area (Å²) in [5, 5.41) is 2.49. The van der Waals surface area contributed by atoms with Gasteiger partial charge >= 0.3 is 0 Å². The van der Waals surface area contributed by atoms with Gasteiger partial charge in [0, 0.05) is 6.54 Å². The van der Waals surface area contributed by atoms with E-state index in [-0.39, 0.29) is 12.2 Å². The minimum atomic E-state index is -1.03. The molecule has 0 spiro atoms. The number of halogens is 2. The Morgan fingerprint density at radius 3 is 2.60 bits per heavy atom. The van der Waals surface area contributed by atoms with Gasteiger partial charge in [0.25, 0.3) is 5.91 Å². The molecule has 0 radical (unpaired) electrons. The number of nitrogens with one attached hydrogen (secondary N) is 1. The van der Waals surface area contributed by atoms with Gasteiger partial charge in [-0.1, -0.05) is 24.3 Å². The number of hydrogen-bond donors (Lipinski definition) is 2. The van der Waals surface area contributed by atoms with Crippen LogP contribution in [0.5, 0.6) is 0 Å². The lowest BCUT2D eigenvalue weighted by molar-refractivity contribution is 0.0942. The first-order chi connectivity index (χ1) is 9.50. The van der Waals surface area contributed by atoms with Crippen molar-refractivity contribution in [1.29, 1.82) is 0 Å².